The van der Waals surface area contributed by atoms with Crippen LogP contribution < -0.4 is 10.7 Å². The molecule has 0 aliphatic carbocycles. The van der Waals surface area contributed by atoms with Crippen LogP contribution in [0.15, 0.2) is 0 Å². The van der Waals surface area contributed by atoms with Crippen LogP contribution in [0.4, 0.5) is 0 Å². The Labute approximate surface area is 97.6 Å². The zero-order chi connectivity index (χ0) is 11.9. The van der Waals surface area contributed by atoms with Gasteiger partial charge < -0.3 is 5.32 Å². The highest BCUT2D eigenvalue weighted by atomic mass is 32.1. The number of nitrogens with zero attached hydrogens (tertiary/aromatic N) is 2. The van der Waals surface area contributed by atoms with Crippen molar-refractivity contribution >= 4 is 17.3 Å². The second-order valence-electron chi connectivity index (χ2n) is 4.28. The van der Waals surface area contributed by atoms with Crippen molar-refractivity contribution in [3.63, 3.8) is 0 Å². The van der Waals surface area contributed by atoms with Crippen LogP contribution in [0.25, 0.3) is 0 Å². The Morgan fingerprint density at radius 2 is 2.13 bits per heavy atom. The van der Waals surface area contributed by atoms with Crippen molar-refractivity contribution < 1.29 is 0 Å². The average molecular weight is 228 g/mol. The van der Waals surface area contributed by atoms with Gasteiger partial charge in [-0.3, -0.25) is 5.01 Å². The Morgan fingerprint density at radius 1 is 1.53 bits per heavy atom. The Hall–Kier alpha value is -1.02. The Kier molecular flexibility index (Phi) is 6.02. The van der Waals surface area contributed by atoms with E-state index < -0.39 is 0 Å². The third kappa shape index (κ3) is 6.13. The first-order valence-electron chi connectivity index (χ1n) is 5.09. The van der Waals surface area contributed by atoms with E-state index in [0.717, 1.165) is 19.4 Å². The standard InChI is InChI=1S/C10H20N4S/c1-5-10(2,3)6-7-12-9(15)14(4)13-8-11/h13H,5-7H2,1-4H3,(H,12,15). The predicted octanol–water partition coefficient (Wildman–Crippen LogP) is 1.60. The van der Waals surface area contributed by atoms with Gasteiger partial charge in [-0.2, -0.15) is 5.26 Å². The zero-order valence-corrected chi connectivity index (χ0v) is 10.7. The molecule has 0 bridgehead atoms. The molecule has 0 heterocycles. The summed E-state index contributed by atoms with van der Waals surface area (Å²) in [7, 11) is 1.71. The summed E-state index contributed by atoms with van der Waals surface area (Å²) in [6.07, 6.45) is 4.02. The van der Waals surface area contributed by atoms with E-state index in [-0.39, 0.29) is 0 Å². The van der Waals surface area contributed by atoms with Crippen LogP contribution in [0, 0.1) is 16.9 Å². The first-order valence-corrected chi connectivity index (χ1v) is 5.50. The topological polar surface area (TPSA) is 51.1 Å². The molecule has 0 fully saturated rings. The summed E-state index contributed by atoms with van der Waals surface area (Å²) in [5.74, 6) is 0. The van der Waals surface area contributed by atoms with Crippen LogP contribution in [0.3, 0.4) is 0 Å². The molecule has 0 saturated carbocycles. The number of thiocarbonyl (C=S) groups is 1. The van der Waals surface area contributed by atoms with E-state index in [0.29, 0.717) is 10.5 Å². The largest absolute Gasteiger partial charge is 0.361 e. The molecule has 15 heavy (non-hydrogen) atoms. The van der Waals surface area contributed by atoms with Crippen LogP contribution >= 0.6 is 12.2 Å². The minimum atomic E-state index is 0.337. The average Bonchev–Trinajstić information content (AvgIpc) is 2.18. The maximum absolute atomic E-state index is 8.39. The van der Waals surface area contributed by atoms with E-state index in [4.69, 9.17) is 17.5 Å². The van der Waals surface area contributed by atoms with Crippen LogP contribution in [-0.4, -0.2) is 23.7 Å². The van der Waals surface area contributed by atoms with E-state index in [1.807, 2.05) is 6.19 Å². The molecule has 0 aromatic rings. The van der Waals surface area contributed by atoms with Crippen molar-refractivity contribution in [2.24, 2.45) is 5.41 Å². The minimum absolute atomic E-state index is 0.337. The van der Waals surface area contributed by atoms with Crippen LogP contribution in [0.5, 0.6) is 0 Å². The summed E-state index contributed by atoms with van der Waals surface area (Å²) in [5.41, 5.74) is 2.78. The first-order chi connectivity index (χ1) is 6.93. The predicted molar refractivity (Wildman–Crippen MR) is 65.8 cm³/mol. The van der Waals surface area contributed by atoms with Gasteiger partial charge in [0.05, 0.1) is 0 Å². The molecule has 0 rings (SSSR count). The lowest BCUT2D eigenvalue weighted by atomic mass is 9.87. The smallest absolute Gasteiger partial charge is 0.197 e. The van der Waals surface area contributed by atoms with E-state index in [1.54, 1.807) is 7.05 Å². The van der Waals surface area contributed by atoms with Gasteiger partial charge in [0, 0.05) is 13.6 Å². The fourth-order valence-corrected chi connectivity index (χ4v) is 1.08. The van der Waals surface area contributed by atoms with Gasteiger partial charge in [-0.15, -0.1) is 0 Å². The molecule has 5 heteroatoms. The van der Waals surface area contributed by atoms with Gasteiger partial charge in [0.15, 0.2) is 11.3 Å². The van der Waals surface area contributed by atoms with Crippen molar-refractivity contribution in [1.29, 1.82) is 5.26 Å². The molecule has 0 radical (unpaired) electrons. The third-order valence-corrected chi connectivity index (χ3v) is 2.98. The molecule has 0 atom stereocenters. The van der Waals surface area contributed by atoms with Crippen molar-refractivity contribution in [3.05, 3.63) is 0 Å². The maximum Gasteiger partial charge on any atom is 0.197 e. The first kappa shape index (κ1) is 14.0. The second kappa shape index (κ2) is 6.46. The molecule has 0 spiro atoms. The molecule has 0 aromatic heterocycles. The SMILES string of the molecule is CCC(C)(C)CCNC(=S)N(C)NC#N. The maximum atomic E-state index is 8.39. The molecular formula is C10H20N4S. The monoisotopic (exact) mass is 228 g/mol. The van der Waals surface area contributed by atoms with Crippen LogP contribution in [-0.2, 0) is 0 Å². The highest BCUT2D eigenvalue weighted by molar-refractivity contribution is 7.80. The number of hydrogen-bond acceptors (Lipinski definition) is 3. The Bertz CT molecular complexity index is 244. The lowest BCUT2D eigenvalue weighted by Gasteiger charge is -2.24. The van der Waals surface area contributed by atoms with E-state index in [9.17, 15) is 0 Å². The van der Waals surface area contributed by atoms with Gasteiger partial charge in [0.25, 0.3) is 0 Å². The lowest BCUT2D eigenvalue weighted by molar-refractivity contribution is 0.320. The molecule has 2 N–H and O–H groups in total. The van der Waals surface area contributed by atoms with Gasteiger partial charge in [-0.05, 0) is 24.1 Å². The number of nitrogens with one attached hydrogen (secondary N) is 2. The number of hydrazine groups is 1. The number of nitriles is 1. The quantitative estimate of drug-likeness (QED) is 0.324. The van der Waals surface area contributed by atoms with Gasteiger partial charge in [-0.1, -0.05) is 27.2 Å². The normalized spacial score (nSPS) is 10.3. The zero-order valence-electron chi connectivity index (χ0n) is 9.92. The molecule has 0 aliphatic rings. The molecule has 0 aliphatic heterocycles. The van der Waals surface area contributed by atoms with Crippen molar-refractivity contribution in [3.8, 4) is 6.19 Å². The van der Waals surface area contributed by atoms with E-state index in [1.165, 1.54) is 5.01 Å². The Balaban J connectivity index is 3.78. The van der Waals surface area contributed by atoms with Crippen LogP contribution in [0.1, 0.15) is 33.6 Å². The summed E-state index contributed by atoms with van der Waals surface area (Å²) in [5, 5.41) is 13.5. The molecule has 0 amide bonds. The molecule has 86 valence electrons. The highest BCUT2D eigenvalue weighted by Gasteiger charge is 2.14. The van der Waals surface area contributed by atoms with E-state index >= 15 is 0 Å². The highest BCUT2D eigenvalue weighted by Crippen LogP contribution is 2.23. The molecule has 4 nitrogen and oxygen atoms in total. The van der Waals surface area contributed by atoms with Crippen molar-refractivity contribution in [1.82, 2.24) is 15.8 Å². The van der Waals surface area contributed by atoms with Gasteiger partial charge in [-0.25, -0.2) is 5.43 Å². The summed E-state index contributed by atoms with van der Waals surface area (Å²) >= 11 is 5.07. The van der Waals surface area contributed by atoms with Gasteiger partial charge in [0.2, 0.25) is 0 Å². The second-order valence-corrected chi connectivity index (χ2v) is 4.67. The fraction of sp³-hybridized carbons (Fsp3) is 0.800. The molecular weight excluding hydrogens is 208 g/mol. The number of rotatable bonds is 5. The lowest BCUT2D eigenvalue weighted by Crippen LogP contribution is -2.44. The summed E-state index contributed by atoms with van der Waals surface area (Å²) in [4.78, 5) is 0. The summed E-state index contributed by atoms with van der Waals surface area (Å²) < 4.78 is 0. The number of hydrogen-bond donors (Lipinski definition) is 2. The van der Waals surface area contributed by atoms with Crippen molar-refractivity contribution in [2.45, 2.75) is 33.6 Å². The van der Waals surface area contributed by atoms with E-state index in [2.05, 4.69) is 31.5 Å². The molecule has 0 unspecified atom stereocenters. The van der Waals surface area contributed by atoms with Crippen LogP contribution in [0.2, 0.25) is 0 Å². The summed E-state index contributed by atoms with van der Waals surface area (Å²) in [6, 6.07) is 0. The summed E-state index contributed by atoms with van der Waals surface area (Å²) in [6.45, 7) is 7.47. The fourth-order valence-electron chi connectivity index (χ4n) is 0.929. The van der Waals surface area contributed by atoms with Gasteiger partial charge >= 0.3 is 0 Å². The van der Waals surface area contributed by atoms with Crippen molar-refractivity contribution in [2.75, 3.05) is 13.6 Å². The molecule has 0 aromatic carbocycles. The third-order valence-electron chi connectivity index (χ3n) is 2.56. The Morgan fingerprint density at radius 3 is 2.60 bits per heavy atom. The minimum Gasteiger partial charge on any atom is -0.361 e. The molecule has 0 saturated heterocycles. The van der Waals surface area contributed by atoms with Gasteiger partial charge in [0.1, 0.15) is 0 Å².